The minimum absolute atomic E-state index is 0.0756. The van der Waals surface area contributed by atoms with E-state index in [9.17, 15) is 0 Å². The average molecular weight is 448 g/mol. The van der Waals surface area contributed by atoms with Crippen LogP contribution >= 0.6 is 11.3 Å². The molecule has 1 atom stereocenters. The van der Waals surface area contributed by atoms with Crippen molar-refractivity contribution in [2.24, 2.45) is 0 Å². The van der Waals surface area contributed by atoms with Crippen molar-refractivity contribution in [3.8, 4) is 5.75 Å². The van der Waals surface area contributed by atoms with E-state index >= 15 is 0 Å². The maximum absolute atomic E-state index is 6.65. The second-order valence-electron chi connectivity index (χ2n) is 8.88. The molecule has 2 aliphatic heterocycles. The van der Waals surface area contributed by atoms with Gasteiger partial charge >= 0.3 is 0 Å². The van der Waals surface area contributed by atoms with Gasteiger partial charge in [0, 0.05) is 36.5 Å². The molecule has 1 saturated heterocycles. The van der Waals surface area contributed by atoms with Gasteiger partial charge in [0.25, 0.3) is 0 Å². The molecule has 3 aromatic rings. The van der Waals surface area contributed by atoms with Crippen LogP contribution in [0, 0.1) is 0 Å². The maximum Gasteiger partial charge on any atom is 0.143 e. The van der Waals surface area contributed by atoms with E-state index in [4.69, 9.17) is 4.74 Å². The van der Waals surface area contributed by atoms with Gasteiger partial charge in [0.05, 0.1) is 5.69 Å². The number of thiophene rings is 1. The van der Waals surface area contributed by atoms with Crippen LogP contribution in [0.4, 0.5) is 5.69 Å². The van der Waals surface area contributed by atoms with E-state index in [0.717, 1.165) is 57.6 Å². The summed E-state index contributed by atoms with van der Waals surface area (Å²) in [7, 11) is 2.00. The summed E-state index contributed by atoms with van der Waals surface area (Å²) >= 11 is 1.78. The van der Waals surface area contributed by atoms with Gasteiger partial charge < -0.3 is 20.3 Å². The summed E-state index contributed by atoms with van der Waals surface area (Å²) in [4.78, 5) is 3.80. The molecular weight excluding hydrogens is 414 g/mol. The summed E-state index contributed by atoms with van der Waals surface area (Å²) in [6, 6.07) is 21.9. The zero-order valence-electron chi connectivity index (χ0n) is 18.8. The molecule has 0 aliphatic carbocycles. The van der Waals surface area contributed by atoms with E-state index in [2.05, 4.69) is 81.6 Å². The smallest absolute Gasteiger partial charge is 0.143 e. The zero-order chi connectivity index (χ0) is 21.8. The molecule has 1 spiro atoms. The predicted molar refractivity (Wildman–Crippen MR) is 134 cm³/mol. The first-order valence-corrected chi connectivity index (χ1v) is 12.7. The number of nitrogens with one attached hydrogen (secondary N) is 2. The van der Waals surface area contributed by atoms with Gasteiger partial charge in [-0.25, -0.2) is 0 Å². The highest BCUT2D eigenvalue weighted by molar-refractivity contribution is 7.10. The van der Waals surface area contributed by atoms with E-state index in [1.165, 1.54) is 21.7 Å². The number of rotatable bonds is 7. The summed E-state index contributed by atoms with van der Waals surface area (Å²) in [6.07, 6.45) is 4.40. The Balaban J connectivity index is 1.34. The van der Waals surface area contributed by atoms with Crippen molar-refractivity contribution in [1.82, 2.24) is 10.6 Å². The molecule has 2 aromatic carbocycles. The predicted octanol–water partition coefficient (Wildman–Crippen LogP) is 5.12. The molecule has 1 unspecified atom stereocenters. The molecule has 2 N–H and O–H groups in total. The van der Waals surface area contributed by atoms with E-state index in [1.54, 1.807) is 11.3 Å². The van der Waals surface area contributed by atoms with Gasteiger partial charge in [-0.05, 0) is 67.6 Å². The van der Waals surface area contributed by atoms with Gasteiger partial charge in [-0.2, -0.15) is 0 Å². The van der Waals surface area contributed by atoms with Crippen LogP contribution in [0.1, 0.15) is 41.4 Å². The number of piperidine rings is 1. The highest BCUT2D eigenvalue weighted by Crippen LogP contribution is 2.41. The van der Waals surface area contributed by atoms with E-state index < -0.39 is 0 Å². The van der Waals surface area contributed by atoms with Crippen LogP contribution < -0.4 is 20.3 Å². The third-order valence-electron chi connectivity index (χ3n) is 7.00. The largest absolute Gasteiger partial charge is 0.483 e. The van der Waals surface area contributed by atoms with Gasteiger partial charge in [-0.3, -0.25) is 0 Å². The molecule has 5 rings (SSSR count). The van der Waals surface area contributed by atoms with E-state index in [1.807, 2.05) is 7.05 Å². The van der Waals surface area contributed by atoms with Gasteiger partial charge in [0.1, 0.15) is 11.9 Å². The van der Waals surface area contributed by atoms with Crippen LogP contribution in [0.25, 0.3) is 0 Å². The molecule has 2 aliphatic rings. The first-order chi connectivity index (χ1) is 15.8. The SMILES string of the molecule is CNCCC(Oc1ccccc1N1CCC2(CC1)NCCc1ccccc12)c1cccs1. The standard InChI is InChI=1S/C27H33N3OS/c1-28-16-13-25(26-11-6-20-32-26)31-24-10-5-4-9-23(24)30-18-14-27(15-19-30)22-8-3-2-7-21(22)12-17-29-27/h2-11,20,25,28-29H,12-19H2,1H3. The molecule has 4 nitrogen and oxygen atoms in total. The maximum atomic E-state index is 6.65. The fourth-order valence-corrected chi connectivity index (χ4v) is 6.08. The Labute approximate surface area is 195 Å². The summed E-state index contributed by atoms with van der Waals surface area (Å²) in [5, 5.41) is 9.29. The highest BCUT2D eigenvalue weighted by Gasteiger charge is 2.39. The second-order valence-corrected chi connectivity index (χ2v) is 9.86. The number of benzene rings is 2. The molecule has 1 fully saturated rings. The molecule has 0 radical (unpaired) electrons. The lowest BCUT2D eigenvalue weighted by Crippen LogP contribution is -2.54. The molecular formula is C27H33N3OS. The lowest BCUT2D eigenvalue weighted by Gasteiger charge is -2.47. The summed E-state index contributed by atoms with van der Waals surface area (Å²) in [5.41, 5.74) is 4.37. The van der Waals surface area contributed by atoms with Gasteiger partial charge in [-0.1, -0.05) is 42.5 Å². The first kappa shape index (κ1) is 21.5. The molecule has 168 valence electrons. The Kier molecular flexibility index (Phi) is 6.49. The topological polar surface area (TPSA) is 36.5 Å². The van der Waals surface area contributed by atoms with Crippen molar-refractivity contribution < 1.29 is 4.74 Å². The quantitative estimate of drug-likeness (QED) is 0.527. The molecule has 32 heavy (non-hydrogen) atoms. The van der Waals surface area contributed by atoms with Crippen molar-refractivity contribution in [2.45, 2.75) is 37.3 Å². The fraction of sp³-hybridized carbons (Fsp3) is 0.407. The molecule has 0 bridgehead atoms. The van der Waals surface area contributed by atoms with Gasteiger partial charge in [-0.15, -0.1) is 11.3 Å². The number of ether oxygens (including phenoxy) is 1. The molecule has 3 heterocycles. The average Bonchev–Trinajstić information content (AvgIpc) is 3.38. The number of hydrogen-bond acceptors (Lipinski definition) is 5. The number of para-hydroxylation sites is 2. The lowest BCUT2D eigenvalue weighted by molar-refractivity contribution is 0.198. The first-order valence-electron chi connectivity index (χ1n) is 11.8. The zero-order valence-corrected chi connectivity index (χ0v) is 19.7. The molecule has 0 saturated carbocycles. The fourth-order valence-electron chi connectivity index (χ4n) is 5.29. The normalized spacial score (nSPS) is 18.3. The Morgan fingerprint density at radius 1 is 1.06 bits per heavy atom. The molecule has 1 aromatic heterocycles. The second kappa shape index (κ2) is 9.65. The third-order valence-corrected chi connectivity index (χ3v) is 7.96. The molecule has 0 amide bonds. The van der Waals surface area contributed by atoms with Crippen molar-refractivity contribution in [3.63, 3.8) is 0 Å². The molecule has 5 heteroatoms. The third kappa shape index (κ3) is 4.29. The number of fused-ring (bicyclic) bond motifs is 2. The Morgan fingerprint density at radius 3 is 2.69 bits per heavy atom. The van der Waals surface area contributed by atoms with E-state index in [-0.39, 0.29) is 11.6 Å². The van der Waals surface area contributed by atoms with Crippen LogP contribution in [0.15, 0.2) is 66.0 Å². The van der Waals surface area contributed by atoms with Crippen LogP contribution in [0.3, 0.4) is 0 Å². The number of hydrogen-bond donors (Lipinski definition) is 2. The lowest BCUT2D eigenvalue weighted by atomic mass is 9.76. The van der Waals surface area contributed by atoms with Crippen molar-refractivity contribution in [3.05, 3.63) is 82.0 Å². The van der Waals surface area contributed by atoms with Crippen LogP contribution in [-0.2, 0) is 12.0 Å². The summed E-state index contributed by atoms with van der Waals surface area (Å²) in [5.74, 6) is 0.995. The van der Waals surface area contributed by atoms with Crippen LogP contribution in [-0.4, -0.2) is 33.2 Å². The summed E-state index contributed by atoms with van der Waals surface area (Å²) < 4.78 is 6.65. The number of anilines is 1. The monoisotopic (exact) mass is 447 g/mol. The van der Waals surface area contributed by atoms with Gasteiger partial charge in [0.15, 0.2) is 0 Å². The minimum atomic E-state index is 0.0756. The van der Waals surface area contributed by atoms with Crippen molar-refractivity contribution in [2.75, 3.05) is 38.1 Å². The Morgan fingerprint density at radius 2 is 1.88 bits per heavy atom. The minimum Gasteiger partial charge on any atom is -0.483 e. The van der Waals surface area contributed by atoms with Crippen molar-refractivity contribution >= 4 is 17.0 Å². The van der Waals surface area contributed by atoms with Gasteiger partial charge in [0.2, 0.25) is 0 Å². The highest BCUT2D eigenvalue weighted by atomic mass is 32.1. The Hall–Kier alpha value is -2.34. The van der Waals surface area contributed by atoms with Crippen LogP contribution in [0.5, 0.6) is 5.75 Å². The van der Waals surface area contributed by atoms with Crippen LogP contribution in [0.2, 0.25) is 0 Å². The van der Waals surface area contributed by atoms with Crippen molar-refractivity contribution in [1.29, 1.82) is 0 Å². The summed E-state index contributed by atoms with van der Waals surface area (Å²) in [6.45, 7) is 4.07. The number of nitrogens with zero attached hydrogens (tertiary/aromatic N) is 1. The van der Waals surface area contributed by atoms with E-state index in [0.29, 0.717) is 0 Å². The Bertz CT molecular complexity index is 1010.